The average Bonchev–Trinajstić information content (AvgIpc) is 3.42. The summed E-state index contributed by atoms with van der Waals surface area (Å²) in [7, 11) is 0. The monoisotopic (exact) mass is 442 g/mol. The van der Waals surface area contributed by atoms with Gasteiger partial charge < -0.3 is 14.3 Å². The molecule has 0 bridgehead atoms. The van der Waals surface area contributed by atoms with Gasteiger partial charge in [-0.05, 0) is 57.5 Å². The molecule has 1 saturated heterocycles. The topological polar surface area (TPSA) is 79.4 Å². The molecular weight excluding hydrogens is 404 g/mol. The number of carbonyl (C=O) groups is 1. The van der Waals surface area contributed by atoms with E-state index in [4.69, 9.17) is 4.42 Å². The number of fused-ring (bicyclic) bond motifs is 1. The third-order valence-corrected chi connectivity index (χ3v) is 6.99. The molecule has 2 aliphatic heterocycles. The molecule has 0 aromatic carbocycles. The number of piperidine rings is 1. The average molecular weight is 443 g/mol. The zero-order valence-corrected chi connectivity index (χ0v) is 19.6. The Hall–Kier alpha value is -2.19. The van der Waals surface area contributed by atoms with Crippen molar-refractivity contribution in [3.63, 3.8) is 0 Å². The van der Waals surface area contributed by atoms with Gasteiger partial charge in [-0.25, -0.2) is 0 Å². The quantitative estimate of drug-likeness (QED) is 0.643. The lowest BCUT2D eigenvalue weighted by atomic mass is 9.97. The number of furan rings is 1. The van der Waals surface area contributed by atoms with E-state index >= 15 is 0 Å². The molecule has 0 aliphatic carbocycles. The summed E-state index contributed by atoms with van der Waals surface area (Å²) in [5.41, 5.74) is 0. The highest BCUT2D eigenvalue weighted by molar-refractivity contribution is 5.78. The summed E-state index contributed by atoms with van der Waals surface area (Å²) in [5.74, 6) is 3.62. The maximum atomic E-state index is 12.8. The number of carbonyl (C=O) groups excluding carboxylic acids is 1. The molecule has 2 aromatic heterocycles. The zero-order chi connectivity index (χ0) is 22.3. The Labute approximate surface area is 191 Å². The number of nitrogens with one attached hydrogen (secondary N) is 1. The maximum absolute atomic E-state index is 12.8. The van der Waals surface area contributed by atoms with Crippen molar-refractivity contribution in [1.82, 2.24) is 29.9 Å². The van der Waals surface area contributed by atoms with Crippen LogP contribution in [0.1, 0.15) is 75.3 Å². The molecule has 1 fully saturated rings. The van der Waals surface area contributed by atoms with Gasteiger partial charge in [-0.3, -0.25) is 14.6 Å². The van der Waals surface area contributed by atoms with Crippen molar-refractivity contribution in [1.29, 1.82) is 0 Å². The second kappa shape index (κ2) is 11.1. The first-order valence-electron chi connectivity index (χ1n) is 12.4. The van der Waals surface area contributed by atoms with Crippen molar-refractivity contribution in [3.8, 4) is 0 Å². The van der Waals surface area contributed by atoms with Crippen LogP contribution >= 0.6 is 0 Å². The summed E-state index contributed by atoms with van der Waals surface area (Å²) >= 11 is 0. The van der Waals surface area contributed by atoms with Gasteiger partial charge in [0.1, 0.15) is 17.4 Å². The molecule has 4 heterocycles. The minimum atomic E-state index is 0.0597. The van der Waals surface area contributed by atoms with Crippen molar-refractivity contribution >= 4 is 5.91 Å². The van der Waals surface area contributed by atoms with Crippen LogP contribution in [-0.4, -0.2) is 69.7 Å². The predicted octanol–water partition coefficient (Wildman–Crippen LogP) is 2.98. The van der Waals surface area contributed by atoms with E-state index in [0.717, 1.165) is 69.4 Å². The lowest BCUT2D eigenvalue weighted by Gasteiger charge is -2.32. The fraction of sp³-hybridized carbons (Fsp3) is 0.708. The van der Waals surface area contributed by atoms with Gasteiger partial charge in [-0.15, -0.1) is 10.2 Å². The second-order valence-electron chi connectivity index (χ2n) is 9.07. The number of likely N-dealkylation sites (N-methyl/N-ethyl adjacent to an activating group) is 1. The molecule has 2 aromatic rings. The minimum absolute atomic E-state index is 0.0597. The van der Waals surface area contributed by atoms with Crippen LogP contribution < -0.4 is 5.32 Å². The highest BCUT2D eigenvalue weighted by atomic mass is 16.3. The van der Waals surface area contributed by atoms with Gasteiger partial charge in [0.15, 0.2) is 0 Å². The third-order valence-electron chi connectivity index (χ3n) is 6.99. The number of aromatic nitrogens is 3. The van der Waals surface area contributed by atoms with Crippen LogP contribution in [0.2, 0.25) is 0 Å². The summed E-state index contributed by atoms with van der Waals surface area (Å²) < 4.78 is 8.01. The molecule has 1 N–H and O–H groups in total. The van der Waals surface area contributed by atoms with Crippen molar-refractivity contribution in [2.24, 2.45) is 0 Å². The van der Waals surface area contributed by atoms with E-state index in [1.165, 1.54) is 19.3 Å². The van der Waals surface area contributed by atoms with Crippen LogP contribution in [0.15, 0.2) is 22.8 Å². The Morgan fingerprint density at radius 2 is 2.09 bits per heavy atom. The van der Waals surface area contributed by atoms with Crippen molar-refractivity contribution in [2.75, 3.05) is 39.3 Å². The standard InChI is InChI=1S/C24H38N6O2/c1-3-29(4-2)20(21-11-9-15-32-21)16-25-23(31)18-28-13-8-10-19(17-28)24-27-26-22-12-6-5-7-14-30(22)24/h9,11,15,19-20H,3-8,10,12-14,16-18H2,1-2H3,(H,25,31)/t19-,20-/m1/s1. The smallest absolute Gasteiger partial charge is 0.234 e. The lowest BCUT2D eigenvalue weighted by Crippen LogP contribution is -2.44. The van der Waals surface area contributed by atoms with E-state index in [1.54, 1.807) is 6.26 Å². The van der Waals surface area contributed by atoms with Gasteiger partial charge in [0.05, 0.1) is 18.8 Å². The predicted molar refractivity (Wildman–Crippen MR) is 123 cm³/mol. The number of nitrogens with zero attached hydrogens (tertiary/aromatic N) is 5. The van der Waals surface area contributed by atoms with Crippen LogP contribution in [0.4, 0.5) is 0 Å². The van der Waals surface area contributed by atoms with E-state index < -0.39 is 0 Å². The lowest BCUT2D eigenvalue weighted by molar-refractivity contribution is -0.122. The summed E-state index contributed by atoms with van der Waals surface area (Å²) in [6.07, 6.45) is 8.64. The Morgan fingerprint density at radius 1 is 1.22 bits per heavy atom. The first-order valence-corrected chi connectivity index (χ1v) is 12.4. The summed E-state index contributed by atoms with van der Waals surface area (Å²) in [6.45, 7) is 9.96. The molecule has 8 heteroatoms. The minimum Gasteiger partial charge on any atom is -0.468 e. The van der Waals surface area contributed by atoms with Crippen LogP contribution in [0.5, 0.6) is 0 Å². The van der Waals surface area contributed by atoms with Gasteiger partial charge in [0.2, 0.25) is 5.91 Å². The van der Waals surface area contributed by atoms with Crippen LogP contribution in [-0.2, 0) is 17.8 Å². The van der Waals surface area contributed by atoms with Crippen molar-refractivity contribution < 1.29 is 9.21 Å². The summed E-state index contributed by atoms with van der Waals surface area (Å²) in [4.78, 5) is 17.4. The molecule has 0 spiro atoms. The molecule has 2 atom stereocenters. The molecule has 1 amide bonds. The van der Waals surface area contributed by atoms with E-state index in [1.807, 2.05) is 12.1 Å². The van der Waals surface area contributed by atoms with Crippen molar-refractivity contribution in [3.05, 3.63) is 35.8 Å². The Morgan fingerprint density at radius 3 is 2.88 bits per heavy atom. The van der Waals surface area contributed by atoms with E-state index in [9.17, 15) is 4.79 Å². The summed E-state index contributed by atoms with van der Waals surface area (Å²) in [6, 6.07) is 3.96. The molecule has 176 valence electrons. The molecule has 8 nitrogen and oxygen atoms in total. The van der Waals surface area contributed by atoms with Gasteiger partial charge in [-0.1, -0.05) is 20.3 Å². The molecule has 0 radical (unpaired) electrons. The number of amides is 1. The number of aryl methyl sites for hydroxylation is 1. The molecule has 4 rings (SSSR count). The van der Waals surface area contributed by atoms with E-state index in [0.29, 0.717) is 19.0 Å². The zero-order valence-electron chi connectivity index (χ0n) is 19.6. The summed E-state index contributed by atoms with van der Waals surface area (Å²) in [5, 5.41) is 12.2. The van der Waals surface area contributed by atoms with Crippen molar-refractivity contribution in [2.45, 2.75) is 70.9 Å². The number of rotatable bonds is 9. The Kier molecular flexibility index (Phi) is 7.97. The number of hydrogen-bond acceptors (Lipinski definition) is 6. The third kappa shape index (κ3) is 5.41. The van der Waals surface area contributed by atoms with Crippen LogP contribution in [0, 0.1) is 0 Å². The highest BCUT2D eigenvalue weighted by Crippen LogP contribution is 2.28. The normalized spacial score (nSPS) is 20.7. The number of likely N-dealkylation sites (tertiary alicyclic amines) is 1. The van der Waals surface area contributed by atoms with Crippen LogP contribution in [0.3, 0.4) is 0 Å². The number of hydrogen-bond donors (Lipinski definition) is 1. The second-order valence-corrected chi connectivity index (χ2v) is 9.07. The molecule has 0 saturated carbocycles. The fourth-order valence-corrected chi connectivity index (χ4v) is 5.24. The largest absolute Gasteiger partial charge is 0.468 e. The Balaban J connectivity index is 1.33. The molecular formula is C24H38N6O2. The SMILES string of the molecule is CCN(CC)[C@H](CNC(=O)CN1CCC[C@@H](c2nnc3n2CCCCC3)C1)c1ccco1. The molecule has 0 unspecified atom stereocenters. The molecule has 2 aliphatic rings. The molecule has 32 heavy (non-hydrogen) atoms. The Bertz CT molecular complexity index is 845. The maximum Gasteiger partial charge on any atom is 0.234 e. The first kappa shape index (κ1) is 23.0. The van der Waals surface area contributed by atoms with E-state index in [2.05, 4.69) is 43.7 Å². The van der Waals surface area contributed by atoms with E-state index in [-0.39, 0.29) is 11.9 Å². The van der Waals surface area contributed by atoms with Crippen LogP contribution in [0.25, 0.3) is 0 Å². The van der Waals surface area contributed by atoms with Gasteiger partial charge in [0.25, 0.3) is 0 Å². The first-order chi connectivity index (χ1) is 15.7. The fourth-order valence-electron chi connectivity index (χ4n) is 5.24. The van der Waals surface area contributed by atoms with Gasteiger partial charge >= 0.3 is 0 Å². The highest BCUT2D eigenvalue weighted by Gasteiger charge is 2.28. The van der Waals surface area contributed by atoms with Gasteiger partial charge in [0, 0.05) is 32.0 Å². The van der Waals surface area contributed by atoms with Gasteiger partial charge in [-0.2, -0.15) is 0 Å².